The zero-order valence-electron chi connectivity index (χ0n) is 10.9. The van der Waals surface area contributed by atoms with Crippen LogP contribution in [0.2, 0.25) is 0 Å². The summed E-state index contributed by atoms with van der Waals surface area (Å²) in [5.74, 6) is -5.44. The molecular weight excluding hydrogens is 270 g/mol. The normalized spacial score (nSPS) is 11.6. The van der Waals surface area contributed by atoms with Crippen molar-refractivity contribution < 1.29 is 23.5 Å². The van der Waals surface area contributed by atoms with E-state index in [1.807, 2.05) is 6.07 Å². The Balaban J connectivity index is 3.18. The molecule has 0 radical (unpaired) electrons. The highest BCUT2D eigenvalue weighted by atomic mass is 19.2. The smallest absolute Gasteiger partial charge is 0.336 e. The number of carbonyl (C=O) groups excluding carboxylic acids is 1. The van der Waals surface area contributed by atoms with Crippen LogP contribution < -0.4 is 0 Å². The summed E-state index contributed by atoms with van der Waals surface area (Å²) in [4.78, 5) is 24.1. The highest BCUT2D eigenvalue weighted by molar-refractivity contribution is 6.04. The van der Waals surface area contributed by atoms with Crippen molar-refractivity contribution in [3.8, 4) is 6.07 Å². The molecule has 1 amide bonds. The Labute approximate surface area is 114 Å². The van der Waals surface area contributed by atoms with Gasteiger partial charge in [-0.15, -0.1) is 0 Å². The molecule has 0 heterocycles. The fourth-order valence-corrected chi connectivity index (χ4v) is 1.64. The predicted octanol–water partition coefficient (Wildman–Crippen LogP) is 1.89. The number of rotatable bonds is 4. The zero-order valence-corrected chi connectivity index (χ0v) is 10.9. The first-order chi connectivity index (χ1) is 9.27. The van der Waals surface area contributed by atoms with E-state index < -0.39 is 40.6 Å². The molecular formula is C13H12F2N2O3. The fourth-order valence-electron chi connectivity index (χ4n) is 1.64. The maximum absolute atomic E-state index is 13.2. The van der Waals surface area contributed by atoms with Crippen LogP contribution in [0.4, 0.5) is 8.78 Å². The van der Waals surface area contributed by atoms with Crippen LogP contribution in [0.1, 0.15) is 27.6 Å². The monoisotopic (exact) mass is 282 g/mol. The predicted molar refractivity (Wildman–Crippen MR) is 65.1 cm³/mol. The maximum Gasteiger partial charge on any atom is 0.336 e. The lowest BCUT2D eigenvalue weighted by molar-refractivity contribution is 0.0679. The molecule has 0 fully saturated rings. The first-order valence-electron chi connectivity index (χ1n) is 5.65. The number of aromatic carboxylic acids is 1. The van der Waals surface area contributed by atoms with Crippen LogP contribution >= 0.6 is 0 Å². The van der Waals surface area contributed by atoms with Crippen LogP contribution in [0.15, 0.2) is 12.1 Å². The van der Waals surface area contributed by atoms with Crippen molar-refractivity contribution in [2.75, 3.05) is 13.6 Å². The van der Waals surface area contributed by atoms with Crippen LogP contribution in [0, 0.1) is 28.9 Å². The van der Waals surface area contributed by atoms with Crippen LogP contribution in [-0.4, -0.2) is 35.5 Å². The number of halogens is 2. The summed E-state index contributed by atoms with van der Waals surface area (Å²) in [6, 6.07) is 2.93. The molecule has 0 aromatic heterocycles. The molecule has 1 unspecified atom stereocenters. The summed E-state index contributed by atoms with van der Waals surface area (Å²) in [5, 5.41) is 17.6. The minimum Gasteiger partial charge on any atom is -0.478 e. The van der Waals surface area contributed by atoms with Crippen molar-refractivity contribution in [3.05, 3.63) is 34.9 Å². The molecule has 0 saturated carbocycles. The SMILES string of the molecule is CC(C#N)CN(C)C(=O)c1cc(F)c(F)cc1C(=O)O. The Morgan fingerprint density at radius 1 is 1.35 bits per heavy atom. The number of amides is 1. The molecule has 7 heteroatoms. The summed E-state index contributed by atoms with van der Waals surface area (Å²) in [6.07, 6.45) is 0. The van der Waals surface area contributed by atoms with Crippen LogP contribution in [0.5, 0.6) is 0 Å². The van der Waals surface area contributed by atoms with Crippen molar-refractivity contribution in [2.45, 2.75) is 6.92 Å². The Morgan fingerprint density at radius 3 is 2.30 bits per heavy atom. The average molecular weight is 282 g/mol. The summed E-state index contributed by atoms with van der Waals surface area (Å²) >= 11 is 0. The molecule has 5 nitrogen and oxygen atoms in total. The molecule has 0 saturated heterocycles. The van der Waals surface area contributed by atoms with Gasteiger partial charge in [0.05, 0.1) is 23.1 Å². The summed E-state index contributed by atoms with van der Waals surface area (Å²) < 4.78 is 26.2. The first kappa shape index (κ1) is 15.6. The quantitative estimate of drug-likeness (QED) is 0.914. The molecule has 0 aliphatic carbocycles. The highest BCUT2D eigenvalue weighted by Crippen LogP contribution is 2.17. The van der Waals surface area contributed by atoms with Crippen molar-refractivity contribution in [2.24, 2.45) is 5.92 Å². The molecule has 1 atom stereocenters. The van der Waals surface area contributed by atoms with E-state index in [0.29, 0.717) is 12.1 Å². The molecule has 0 bridgehead atoms. The Morgan fingerprint density at radius 2 is 1.85 bits per heavy atom. The zero-order chi connectivity index (χ0) is 15.4. The van der Waals surface area contributed by atoms with Gasteiger partial charge in [0, 0.05) is 13.6 Å². The molecule has 1 N–H and O–H groups in total. The molecule has 20 heavy (non-hydrogen) atoms. The van der Waals surface area contributed by atoms with E-state index in [1.54, 1.807) is 6.92 Å². The van der Waals surface area contributed by atoms with Crippen LogP contribution in [0.25, 0.3) is 0 Å². The lowest BCUT2D eigenvalue weighted by Gasteiger charge is -2.19. The van der Waals surface area contributed by atoms with Gasteiger partial charge in [-0.1, -0.05) is 0 Å². The Bertz CT molecular complexity index is 596. The Kier molecular flexibility index (Phi) is 4.75. The van der Waals surface area contributed by atoms with Gasteiger partial charge in [0.25, 0.3) is 5.91 Å². The van der Waals surface area contributed by atoms with Gasteiger partial charge in [-0.2, -0.15) is 5.26 Å². The lowest BCUT2D eigenvalue weighted by Crippen LogP contribution is -2.32. The number of nitrogens with zero attached hydrogens (tertiary/aromatic N) is 2. The second kappa shape index (κ2) is 6.10. The van der Waals surface area contributed by atoms with E-state index in [0.717, 1.165) is 4.90 Å². The number of carboxylic acid groups (broad SMARTS) is 1. The molecule has 1 rings (SSSR count). The third-order valence-corrected chi connectivity index (χ3v) is 2.64. The highest BCUT2D eigenvalue weighted by Gasteiger charge is 2.23. The van der Waals surface area contributed by atoms with Gasteiger partial charge in [-0.25, -0.2) is 13.6 Å². The number of nitriles is 1. The molecule has 0 spiro atoms. The number of carbonyl (C=O) groups is 2. The summed E-state index contributed by atoms with van der Waals surface area (Å²) in [7, 11) is 1.35. The van der Waals surface area contributed by atoms with Gasteiger partial charge in [0.2, 0.25) is 0 Å². The molecule has 0 aliphatic heterocycles. The third-order valence-electron chi connectivity index (χ3n) is 2.64. The van der Waals surface area contributed by atoms with Gasteiger partial charge in [-0.05, 0) is 19.1 Å². The van der Waals surface area contributed by atoms with Gasteiger partial charge < -0.3 is 10.0 Å². The minimum atomic E-state index is -1.53. The van der Waals surface area contributed by atoms with E-state index in [4.69, 9.17) is 10.4 Å². The van der Waals surface area contributed by atoms with Crippen LogP contribution in [0.3, 0.4) is 0 Å². The standard InChI is InChI=1S/C13H12F2N2O3/c1-7(5-16)6-17(2)12(18)8-3-10(14)11(15)4-9(8)13(19)20/h3-4,7H,6H2,1-2H3,(H,19,20). The van der Waals surface area contributed by atoms with Crippen molar-refractivity contribution in [1.82, 2.24) is 4.90 Å². The second-order valence-corrected chi connectivity index (χ2v) is 4.33. The van der Waals surface area contributed by atoms with Crippen LogP contribution in [-0.2, 0) is 0 Å². The van der Waals surface area contributed by atoms with E-state index in [9.17, 15) is 18.4 Å². The van der Waals surface area contributed by atoms with E-state index in [2.05, 4.69) is 0 Å². The topological polar surface area (TPSA) is 81.4 Å². The van der Waals surface area contributed by atoms with Gasteiger partial charge in [0.1, 0.15) is 0 Å². The Hall–Kier alpha value is -2.49. The third kappa shape index (κ3) is 3.29. The first-order valence-corrected chi connectivity index (χ1v) is 5.65. The maximum atomic E-state index is 13.2. The number of carboxylic acids is 1. The minimum absolute atomic E-state index is 0.0490. The van der Waals surface area contributed by atoms with Gasteiger partial charge in [0.15, 0.2) is 11.6 Å². The largest absolute Gasteiger partial charge is 0.478 e. The van der Waals surface area contributed by atoms with Gasteiger partial charge in [-0.3, -0.25) is 4.79 Å². The lowest BCUT2D eigenvalue weighted by atomic mass is 10.0. The van der Waals surface area contributed by atoms with Gasteiger partial charge >= 0.3 is 5.97 Å². The average Bonchev–Trinajstić information content (AvgIpc) is 2.39. The van der Waals surface area contributed by atoms with E-state index >= 15 is 0 Å². The number of benzene rings is 1. The molecule has 106 valence electrons. The van der Waals surface area contributed by atoms with E-state index in [1.165, 1.54) is 7.05 Å². The molecule has 0 aliphatic rings. The number of hydrogen-bond acceptors (Lipinski definition) is 3. The molecule has 1 aromatic rings. The van der Waals surface area contributed by atoms with Crippen molar-refractivity contribution in [3.63, 3.8) is 0 Å². The summed E-state index contributed by atoms with van der Waals surface area (Å²) in [5.41, 5.74) is -1.07. The summed E-state index contributed by atoms with van der Waals surface area (Å²) in [6.45, 7) is 1.63. The second-order valence-electron chi connectivity index (χ2n) is 4.33. The van der Waals surface area contributed by atoms with Crippen molar-refractivity contribution >= 4 is 11.9 Å². The number of hydrogen-bond donors (Lipinski definition) is 1. The molecule has 1 aromatic carbocycles. The van der Waals surface area contributed by atoms with Crippen molar-refractivity contribution in [1.29, 1.82) is 5.26 Å². The fraction of sp³-hybridized carbons (Fsp3) is 0.308. The van der Waals surface area contributed by atoms with E-state index in [-0.39, 0.29) is 6.54 Å².